The molecule has 0 aliphatic carbocycles. The molecule has 2 N–H and O–H groups in total. The van der Waals surface area contributed by atoms with Crippen molar-refractivity contribution in [2.24, 2.45) is 0 Å². The first-order chi connectivity index (χ1) is 13.4. The number of nitrogens with zero attached hydrogens (tertiary/aromatic N) is 4. The molecule has 1 aliphatic rings. The highest BCUT2D eigenvalue weighted by Crippen LogP contribution is 2.36. The Kier molecular flexibility index (Phi) is 4.05. The number of hydrazine groups is 1. The van der Waals surface area contributed by atoms with E-state index >= 15 is 0 Å². The van der Waals surface area contributed by atoms with Gasteiger partial charge in [-0.25, -0.2) is 18.6 Å². The fraction of sp³-hybridized carbons (Fsp3) is 0.105. The van der Waals surface area contributed by atoms with Crippen LogP contribution in [0.2, 0.25) is 0 Å². The summed E-state index contributed by atoms with van der Waals surface area (Å²) in [5, 5.41) is 20.2. The van der Waals surface area contributed by atoms with Gasteiger partial charge in [-0.2, -0.15) is 10.7 Å². The predicted molar refractivity (Wildman–Crippen MR) is 96.0 cm³/mol. The van der Waals surface area contributed by atoms with Crippen LogP contribution >= 0.6 is 0 Å². The Bertz CT molecular complexity index is 1190. The molecule has 4 rings (SSSR count). The van der Waals surface area contributed by atoms with Crippen LogP contribution in [0.4, 0.5) is 8.78 Å². The third-order valence-corrected chi connectivity index (χ3v) is 4.46. The van der Waals surface area contributed by atoms with Gasteiger partial charge in [0.1, 0.15) is 23.2 Å². The van der Waals surface area contributed by atoms with Crippen LogP contribution < -0.4 is 5.43 Å². The highest BCUT2D eigenvalue weighted by Gasteiger charge is 2.28. The molecule has 7 nitrogen and oxygen atoms in total. The SMILES string of the molecule is CN1C=C(c2cccc(F)c2-c2nc3cc(C(=O)O)ccn3c2C#N)C(F)N1. The molecule has 0 fully saturated rings. The average Bonchev–Trinajstić information content (AvgIpc) is 3.19. The number of nitriles is 1. The van der Waals surface area contributed by atoms with Crippen molar-refractivity contribution in [3.05, 3.63) is 65.4 Å². The van der Waals surface area contributed by atoms with Gasteiger partial charge in [0.2, 0.25) is 0 Å². The smallest absolute Gasteiger partial charge is 0.335 e. The van der Waals surface area contributed by atoms with Crippen LogP contribution in [0.15, 0.2) is 42.7 Å². The number of hydrogen-bond acceptors (Lipinski definition) is 5. The largest absolute Gasteiger partial charge is 0.478 e. The molecule has 0 saturated heterocycles. The number of rotatable bonds is 3. The molecule has 9 heteroatoms. The molecule has 0 amide bonds. The number of alkyl halides is 1. The molecule has 0 saturated carbocycles. The van der Waals surface area contributed by atoms with E-state index in [0.29, 0.717) is 0 Å². The number of carbonyl (C=O) groups is 1. The number of imidazole rings is 1. The molecule has 0 bridgehead atoms. The van der Waals surface area contributed by atoms with E-state index in [1.165, 1.54) is 46.1 Å². The van der Waals surface area contributed by atoms with Gasteiger partial charge >= 0.3 is 5.97 Å². The van der Waals surface area contributed by atoms with Crippen LogP contribution in [0, 0.1) is 17.1 Å². The molecule has 1 aliphatic heterocycles. The standard InChI is InChI=1S/C19H13F2N5O2/c1-25-9-12(18(21)24-25)11-3-2-4-13(20)16(11)17-14(8-22)26-6-5-10(19(27)28)7-15(26)23-17/h2-7,9,18,24H,1H3,(H,27,28). The summed E-state index contributed by atoms with van der Waals surface area (Å²) in [5.41, 5.74) is 3.16. The molecule has 2 aromatic heterocycles. The molecule has 0 spiro atoms. The highest BCUT2D eigenvalue weighted by molar-refractivity contribution is 5.89. The maximum atomic E-state index is 14.8. The van der Waals surface area contributed by atoms with Gasteiger partial charge in [-0.1, -0.05) is 12.1 Å². The average molecular weight is 381 g/mol. The zero-order valence-corrected chi connectivity index (χ0v) is 14.5. The summed E-state index contributed by atoms with van der Waals surface area (Å²) in [7, 11) is 1.61. The van der Waals surface area contributed by atoms with Crippen molar-refractivity contribution in [2.45, 2.75) is 6.30 Å². The summed E-state index contributed by atoms with van der Waals surface area (Å²) in [6.07, 6.45) is 1.33. The van der Waals surface area contributed by atoms with Gasteiger partial charge < -0.3 is 10.1 Å². The number of nitrogens with one attached hydrogen (secondary N) is 1. The maximum Gasteiger partial charge on any atom is 0.335 e. The highest BCUT2D eigenvalue weighted by atomic mass is 19.1. The number of benzene rings is 1. The van der Waals surface area contributed by atoms with Crippen LogP contribution in [0.25, 0.3) is 22.5 Å². The Morgan fingerprint density at radius 2 is 2.18 bits per heavy atom. The molecule has 0 radical (unpaired) electrons. The lowest BCUT2D eigenvalue weighted by atomic mass is 9.96. The van der Waals surface area contributed by atoms with Gasteiger partial charge in [-0.05, 0) is 23.8 Å². The number of halogens is 2. The molecular weight excluding hydrogens is 368 g/mol. The van der Waals surface area contributed by atoms with Gasteiger partial charge in [0.25, 0.3) is 0 Å². The van der Waals surface area contributed by atoms with E-state index in [4.69, 9.17) is 5.11 Å². The second kappa shape index (κ2) is 6.44. The number of fused-ring (bicyclic) bond motifs is 1. The van der Waals surface area contributed by atoms with Crippen molar-refractivity contribution in [3.63, 3.8) is 0 Å². The van der Waals surface area contributed by atoms with Crippen LogP contribution in [-0.4, -0.2) is 38.8 Å². The Morgan fingerprint density at radius 3 is 2.82 bits per heavy atom. The third kappa shape index (κ3) is 2.67. The second-order valence-corrected chi connectivity index (χ2v) is 6.22. The number of hydrogen-bond donors (Lipinski definition) is 2. The van der Waals surface area contributed by atoms with Crippen molar-refractivity contribution in [2.75, 3.05) is 7.05 Å². The minimum absolute atomic E-state index is 0.0146. The number of pyridine rings is 1. The Hall–Kier alpha value is -3.77. The Labute approximate surface area is 157 Å². The lowest BCUT2D eigenvalue weighted by molar-refractivity contribution is 0.0697. The van der Waals surface area contributed by atoms with Crippen molar-refractivity contribution in [3.8, 4) is 17.3 Å². The summed E-state index contributed by atoms with van der Waals surface area (Å²) in [5.74, 6) is -1.82. The number of aromatic nitrogens is 2. The van der Waals surface area contributed by atoms with Gasteiger partial charge in [0.05, 0.1) is 5.56 Å². The van der Waals surface area contributed by atoms with Crippen LogP contribution in [0.3, 0.4) is 0 Å². The van der Waals surface area contributed by atoms with Gasteiger partial charge in [-0.15, -0.1) is 0 Å². The van der Waals surface area contributed by atoms with Crippen molar-refractivity contribution in [1.82, 2.24) is 19.8 Å². The third-order valence-electron chi connectivity index (χ3n) is 4.46. The lowest BCUT2D eigenvalue weighted by Crippen LogP contribution is -2.30. The summed E-state index contributed by atoms with van der Waals surface area (Å²) < 4.78 is 30.6. The minimum atomic E-state index is -1.55. The first-order valence-corrected chi connectivity index (χ1v) is 8.20. The van der Waals surface area contributed by atoms with E-state index in [0.717, 1.165) is 0 Å². The molecule has 1 atom stereocenters. The van der Waals surface area contributed by atoms with E-state index in [2.05, 4.69) is 10.4 Å². The Balaban J connectivity index is 2.00. The minimum Gasteiger partial charge on any atom is -0.478 e. The number of carboxylic acid groups (broad SMARTS) is 1. The van der Waals surface area contributed by atoms with Crippen LogP contribution in [-0.2, 0) is 0 Å². The summed E-state index contributed by atoms with van der Waals surface area (Å²) in [6.45, 7) is 0. The summed E-state index contributed by atoms with van der Waals surface area (Å²) in [6, 6.07) is 8.78. The van der Waals surface area contributed by atoms with Gasteiger partial charge in [-0.3, -0.25) is 4.40 Å². The van der Waals surface area contributed by atoms with Crippen molar-refractivity contribution < 1.29 is 18.7 Å². The molecule has 1 unspecified atom stereocenters. The zero-order chi connectivity index (χ0) is 20.0. The molecule has 3 heterocycles. The van der Waals surface area contributed by atoms with Crippen LogP contribution in [0.5, 0.6) is 0 Å². The fourth-order valence-corrected chi connectivity index (χ4v) is 3.23. The number of aromatic carboxylic acids is 1. The van der Waals surface area contributed by atoms with E-state index in [1.54, 1.807) is 13.1 Å². The van der Waals surface area contributed by atoms with E-state index in [9.17, 15) is 18.8 Å². The lowest BCUT2D eigenvalue weighted by Gasteiger charge is -2.12. The monoisotopic (exact) mass is 381 g/mol. The van der Waals surface area contributed by atoms with Crippen molar-refractivity contribution >= 4 is 17.2 Å². The first-order valence-electron chi connectivity index (χ1n) is 8.20. The summed E-state index contributed by atoms with van der Waals surface area (Å²) in [4.78, 5) is 15.5. The van der Waals surface area contributed by atoms with E-state index in [-0.39, 0.29) is 39.3 Å². The zero-order valence-electron chi connectivity index (χ0n) is 14.5. The maximum absolute atomic E-state index is 14.8. The molecule has 28 heavy (non-hydrogen) atoms. The second-order valence-electron chi connectivity index (χ2n) is 6.22. The first kappa shape index (κ1) is 17.6. The molecule has 1 aromatic carbocycles. The van der Waals surface area contributed by atoms with Gasteiger partial charge in [0.15, 0.2) is 12.0 Å². The quantitative estimate of drug-likeness (QED) is 0.678. The predicted octanol–water partition coefficient (Wildman–Crippen LogP) is 2.80. The topological polar surface area (TPSA) is 93.7 Å². The molecular formula is C19H13F2N5O2. The summed E-state index contributed by atoms with van der Waals surface area (Å²) >= 11 is 0. The Morgan fingerprint density at radius 1 is 1.39 bits per heavy atom. The normalized spacial score (nSPS) is 16.3. The van der Waals surface area contributed by atoms with E-state index < -0.39 is 18.1 Å². The molecule has 140 valence electrons. The van der Waals surface area contributed by atoms with Gasteiger partial charge in [0, 0.05) is 30.6 Å². The molecule has 3 aromatic rings. The van der Waals surface area contributed by atoms with Crippen LogP contribution in [0.1, 0.15) is 21.6 Å². The fourth-order valence-electron chi connectivity index (χ4n) is 3.23. The number of carboxylic acids is 1. The van der Waals surface area contributed by atoms with E-state index in [1.807, 2.05) is 6.07 Å². The van der Waals surface area contributed by atoms with Crippen molar-refractivity contribution in [1.29, 1.82) is 5.26 Å².